The maximum atomic E-state index is 5.49. The first kappa shape index (κ1) is 8.13. The molecule has 1 fully saturated rings. The summed E-state index contributed by atoms with van der Waals surface area (Å²) in [5, 5.41) is 0. The highest BCUT2D eigenvalue weighted by Crippen LogP contribution is 2.30. The van der Waals surface area contributed by atoms with Gasteiger partial charge in [0.25, 0.3) is 0 Å². The van der Waals surface area contributed by atoms with E-state index in [1.54, 1.807) is 0 Å². The summed E-state index contributed by atoms with van der Waals surface area (Å²) in [5.41, 5.74) is 6.53. The Hall–Kier alpha value is -0.480. The van der Waals surface area contributed by atoms with Gasteiger partial charge in [-0.2, -0.15) is 11.8 Å². The Labute approximate surface area is 76.1 Å². The van der Waals surface area contributed by atoms with Gasteiger partial charge in [0.2, 0.25) is 0 Å². The molecule has 2 rings (SSSR count). The van der Waals surface area contributed by atoms with Crippen molar-refractivity contribution in [3.05, 3.63) is 17.7 Å². The van der Waals surface area contributed by atoms with Crippen molar-refractivity contribution in [2.45, 2.75) is 18.9 Å². The number of rotatable bonds is 2. The van der Waals surface area contributed by atoms with E-state index in [1.165, 1.54) is 17.9 Å². The van der Waals surface area contributed by atoms with Crippen LogP contribution in [0.2, 0.25) is 0 Å². The van der Waals surface area contributed by atoms with E-state index in [0.717, 1.165) is 11.5 Å². The van der Waals surface area contributed by atoms with E-state index in [1.807, 2.05) is 18.0 Å². The normalized spacial score (nSPS) is 23.2. The molecule has 3 nitrogen and oxygen atoms in total. The van der Waals surface area contributed by atoms with Crippen LogP contribution in [0.5, 0.6) is 0 Å². The number of hydrogen-bond acceptors (Lipinski definition) is 3. The van der Waals surface area contributed by atoms with Crippen LogP contribution in [0.3, 0.4) is 0 Å². The van der Waals surface area contributed by atoms with Crippen LogP contribution in [0.4, 0.5) is 0 Å². The molecule has 0 radical (unpaired) electrons. The highest BCUT2D eigenvalue weighted by atomic mass is 32.2. The molecule has 0 bridgehead atoms. The first-order chi connectivity index (χ1) is 5.90. The third-order valence-electron chi connectivity index (χ3n) is 2.18. The standard InChI is InChI=1S/C8H13N3S/c9-3-7-4-10-8(11-7)6-1-2-12-5-6/h4,6H,1-3,5,9H2,(H,10,11). The quantitative estimate of drug-likeness (QED) is 0.721. The van der Waals surface area contributed by atoms with Gasteiger partial charge in [-0.25, -0.2) is 4.98 Å². The molecule has 0 spiro atoms. The summed E-state index contributed by atoms with van der Waals surface area (Å²) < 4.78 is 0. The van der Waals surface area contributed by atoms with Crippen molar-refractivity contribution in [2.75, 3.05) is 11.5 Å². The number of thioether (sulfide) groups is 1. The van der Waals surface area contributed by atoms with E-state index in [4.69, 9.17) is 5.73 Å². The molecule has 0 amide bonds. The average molecular weight is 183 g/mol. The predicted octanol–water partition coefficient (Wildman–Crippen LogP) is 1.09. The zero-order valence-electron chi connectivity index (χ0n) is 6.92. The molecule has 0 saturated carbocycles. The van der Waals surface area contributed by atoms with E-state index in [9.17, 15) is 0 Å². The molecule has 1 aromatic heterocycles. The van der Waals surface area contributed by atoms with Gasteiger partial charge in [-0.1, -0.05) is 0 Å². The van der Waals surface area contributed by atoms with Crippen molar-refractivity contribution in [3.8, 4) is 0 Å². The minimum absolute atomic E-state index is 0.562. The maximum absolute atomic E-state index is 5.49. The average Bonchev–Trinajstić information content (AvgIpc) is 2.75. The summed E-state index contributed by atoms with van der Waals surface area (Å²) >= 11 is 2.00. The third kappa shape index (κ3) is 1.49. The molecule has 1 aromatic rings. The summed E-state index contributed by atoms with van der Waals surface area (Å²) in [5.74, 6) is 4.23. The zero-order valence-corrected chi connectivity index (χ0v) is 7.73. The molecular formula is C8H13N3S. The molecule has 1 saturated heterocycles. The van der Waals surface area contributed by atoms with E-state index >= 15 is 0 Å². The number of nitrogens with two attached hydrogens (primary N) is 1. The fourth-order valence-electron chi connectivity index (χ4n) is 1.44. The number of imidazole rings is 1. The lowest BCUT2D eigenvalue weighted by Gasteiger charge is -2.02. The number of hydrogen-bond donors (Lipinski definition) is 2. The van der Waals surface area contributed by atoms with Crippen LogP contribution in [0.25, 0.3) is 0 Å². The fourth-order valence-corrected chi connectivity index (χ4v) is 2.66. The molecule has 4 heteroatoms. The Kier molecular flexibility index (Phi) is 2.37. The van der Waals surface area contributed by atoms with Crippen molar-refractivity contribution in [1.29, 1.82) is 0 Å². The van der Waals surface area contributed by atoms with Crippen LogP contribution in [0.1, 0.15) is 23.9 Å². The molecule has 3 N–H and O–H groups in total. The first-order valence-corrected chi connectivity index (χ1v) is 5.37. The summed E-state index contributed by atoms with van der Waals surface area (Å²) in [6.07, 6.45) is 3.10. The molecule has 1 aliphatic rings. The van der Waals surface area contributed by atoms with Crippen LogP contribution < -0.4 is 5.73 Å². The van der Waals surface area contributed by atoms with E-state index < -0.39 is 0 Å². The largest absolute Gasteiger partial charge is 0.345 e. The van der Waals surface area contributed by atoms with Crippen molar-refractivity contribution >= 4 is 11.8 Å². The number of nitrogens with zero attached hydrogens (tertiary/aromatic N) is 1. The van der Waals surface area contributed by atoms with E-state index in [0.29, 0.717) is 12.5 Å². The second kappa shape index (κ2) is 3.49. The minimum atomic E-state index is 0.562. The summed E-state index contributed by atoms with van der Waals surface area (Å²) in [6, 6.07) is 0. The van der Waals surface area contributed by atoms with Crippen LogP contribution in [0, 0.1) is 0 Å². The maximum Gasteiger partial charge on any atom is 0.110 e. The van der Waals surface area contributed by atoms with Crippen molar-refractivity contribution in [1.82, 2.24) is 9.97 Å². The van der Waals surface area contributed by atoms with Gasteiger partial charge >= 0.3 is 0 Å². The molecular weight excluding hydrogens is 170 g/mol. The highest BCUT2D eigenvalue weighted by molar-refractivity contribution is 7.99. The fraction of sp³-hybridized carbons (Fsp3) is 0.625. The van der Waals surface area contributed by atoms with Gasteiger partial charge in [-0.3, -0.25) is 0 Å². The third-order valence-corrected chi connectivity index (χ3v) is 3.35. The second-order valence-corrected chi connectivity index (χ2v) is 4.21. The summed E-state index contributed by atoms with van der Waals surface area (Å²) in [4.78, 5) is 7.58. The van der Waals surface area contributed by atoms with Gasteiger partial charge in [0, 0.05) is 30.1 Å². The molecule has 66 valence electrons. The number of aromatic amines is 1. The Balaban J connectivity index is 2.11. The van der Waals surface area contributed by atoms with Gasteiger partial charge in [-0.15, -0.1) is 0 Å². The SMILES string of the molecule is NCc1cnc(C2CCSC2)[nH]1. The smallest absolute Gasteiger partial charge is 0.110 e. The molecule has 1 unspecified atom stereocenters. The molecule has 2 heterocycles. The Bertz CT molecular complexity index is 253. The topological polar surface area (TPSA) is 54.7 Å². The van der Waals surface area contributed by atoms with Crippen LogP contribution in [-0.4, -0.2) is 21.5 Å². The lowest BCUT2D eigenvalue weighted by Crippen LogP contribution is -2.00. The Morgan fingerprint density at radius 3 is 3.25 bits per heavy atom. The number of H-pyrrole nitrogens is 1. The Morgan fingerprint density at radius 1 is 1.75 bits per heavy atom. The monoisotopic (exact) mass is 183 g/mol. The molecule has 1 aliphatic heterocycles. The molecule has 1 atom stereocenters. The number of nitrogens with one attached hydrogen (secondary N) is 1. The van der Waals surface area contributed by atoms with Gasteiger partial charge in [0.15, 0.2) is 0 Å². The van der Waals surface area contributed by atoms with Crippen LogP contribution >= 0.6 is 11.8 Å². The lowest BCUT2D eigenvalue weighted by atomic mass is 10.1. The summed E-state index contributed by atoms with van der Waals surface area (Å²) in [7, 11) is 0. The van der Waals surface area contributed by atoms with Crippen molar-refractivity contribution < 1.29 is 0 Å². The molecule has 0 aromatic carbocycles. The van der Waals surface area contributed by atoms with Gasteiger partial charge in [-0.05, 0) is 12.2 Å². The van der Waals surface area contributed by atoms with Crippen molar-refractivity contribution in [3.63, 3.8) is 0 Å². The van der Waals surface area contributed by atoms with Crippen LogP contribution in [0.15, 0.2) is 6.20 Å². The Morgan fingerprint density at radius 2 is 2.67 bits per heavy atom. The summed E-state index contributed by atoms with van der Waals surface area (Å²) in [6.45, 7) is 0.562. The lowest BCUT2D eigenvalue weighted by molar-refractivity contribution is 0.726. The second-order valence-electron chi connectivity index (χ2n) is 3.06. The zero-order chi connectivity index (χ0) is 8.39. The highest BCUT2D eigenvalue weighted by Gasteiger charge is 2.19. The molecule has 0 aliphatic carbocycles. The number of aromatic nitrogens is 2. The van der Waals surface area contributed by atoms with Gasteiger partial charge < -0.3 is 10.7 Å². The first-order valence-electron chi connectivity index (χ1n) is 4.21. The van der Waals surface area contributed by atoms with Crippen LogP contribution in [-0.2, 0) is 6.54 Å². The van der Waals surface area contributed by atoms with Gasteiger partial charge in [0.05, 0.1) is 0 Å². The van der Waals surface area contributed by atoms with E-state index in [-0.39, 0.29) is 0 Å². The van der Waals surface area contributed by atoms with E-state index in [2.05, 4.69) is 9.97 Å². The predicted molar refractivity (Wildman–Crippen MR) is 51.2 cm³/mol. The molecule has 12 heavy (non-hydrogen) atoms. The van der Waals surface area contributed by atoms with Crippen molar-refractivity contribution in [2.24, 2.45) is 5.73 Å². The van der Waals surface area contributed by atoms with Gasteiger partial charge in [0.1, 0.15) is 5.82 Å². The minimum Gasteiger partial charge on any atom is -0.345 e.